The highest BCUT2D eigenvalue weighted by Gasteiger charge is 2.05. The number of nitrogens with one attached hydrogen (secondary N) is 2. The van der Waals surface area contributed by atoms with Gasteiger partial charge in [0.05, 0.1) is 6.42 Å². The Hall–Kier alpha value is -2.17. The molecule has 4 nitrogen and oxygen atoms in total. The average Bonchev–Trinajstić information content (AvgIpc) is 2.84. The zero-order chi connectivity index (χ0) is 12.8. The zero-order valence-corrected chi connectivity index (χ0v) is 9.82. The van der Waals surface area contributed by atoms with Crippen molar-refractivity contribution in [1.82, 2.24) is 15.5 Å². The SMILES string of the molecule is O=C(Cc1ccn[nH]1)NCCc1ccccc1F. The van der Waals surface area contributed by atoms with Crippen LogP contribution >= 0.6 is 0 Å². The van der Waals surface area contributed by atoms with E-state index in [1.807, 2.05) is 0 Å². The maximum atomic E-state index is 13.3. The molecule has 0 atom stereocenters. The summed E-state index contributed by atoms with van der Waals surface area (Å²) in [4.78, 5) is 11.5. The van der Waals surface area contributed by atoms with Gasteiger partial charge in [0, 0.05) is 18.4 Å². The molecule has 1 heterocycles. The van der Waals surface area contributed by atoms with Crippen LogP contribution < -0.4 is 5.32 Å². The van der Waals surface area contributed by atoms with Gasteiger partial charge < -0.3 is 5.32 Å². The lowest BCUT2D eigenvalue weighted by Gasteiger charge is -2.05. The molecule has 18 heavy (non-hydrogen) atoms. The number of benzene rings is 1. The predicted octanol–water partition coefficient (Wildman–Crippen LogP) is 1.45. The average molecular weight is 247 g/mol. The quantitative estimate of drug-likeness (QED) is 0.840. The molecule has 0 unspecified atom stereocenters. The fourth-order valence-corrected chi connectivity index (χ4v) is 1.66. The lowest BCUT2D eigenvalue weighted by molar-refractivity contribution is -0.120. The van der Waals surface area contributed by atoms with Gasteiger partial charge in [-0.25, -0.2) is 4.39 Å². The molecule has 2 aromatic rings. The van der Waals surface area contributed by atoms with Crippen LogP contribution in [-0.2, 0) is 17.6 Å². The molecule has 0 bridgehead atoms. The van der Waals surface area contributed by atoms with Crippen LogP contribution in [0.3, 0.4) is 0 Å². The highest BCUT2D eigenvalue weighted by molar-refractivity contribution is 5.78. The van der Waals surface area contributed by atoms with Crippen LogP contribution in [0, 0.1) is 5.82 Å². The molecule has 1 aromatic heterocycles. The van der Waals surface area contributed by atoms with E-state index in [0.29, 0.717) is 18.5 Å². The van der Waals surface area contributed by atoms with Gasteiger partial charge in [0.2, 0.25) is 5.91 Å². The number of rotatable bonds is 5. The molecule has 2 N–H and O–H groups in total. The molecule has 1 amide bonds. The van der Waals surface area contributed by atoms with E-state index in [4.69, 9.17) is 0 Å². The maximum Gasteiger partial charge on any atom is 0.226 e. The summed E-state index contributed by atoms with van der Waals surface area (Å²) in [6, 6.07) is 8.31. The Morgan fingerprint density at radius 3 is 2.89 bits per heavy atom. The number of amides is 1. The number of H-pyrrole nitrogens is 1. The summed E-state index contributed by atoms with van der Waals surface area (Å²) in [7, 11) is 0. The summed E-state index contributed by atoms with van der Waals surface area (Å²) >= 11 is 0. The van der Waals surface area contributed by atoms with E-state index in [1.54, 1.807) is 30.5 Å². The van der Waals surface area contributed by atoms with Crippen molar-refractivity contribution in [3.8, 4) is 0 Å². The van der Waals surface area contributed by atoms with Crippen LogP contribution in [0.2, 0.25) is 0 Å². The van der Waals surface area contributed by atoms with Crippen molar-refractivity contribution in [3.05, 3.63) is 53.6 Å². The van der Waals surface area contributed by atoms with Crippen LogP contribution in [0.1, 0.15) is 11.3 Å². The second-order valence-electron chi connectivity index (χ2n) is 3.95. The van der Waals surface area contributed by atoms with Crippen LogP contribution in [0.5, 0.6) is 0 Å². The first-order chi connectivity index (χ1) is 8.75. The number of hydrogen-bond acceptors (Lipinski definition) is 2. The molecule has 0 fully saturated rings. The molecule has 94 valence electrons. The first-order valence-electron chi connectivity index (χ1n) is 5.74. The topological polar surface area (TPSA) is 57.8 Å². The number of carbonyl (C=O) groups excluding carboxylic acids is 1. The van der Waals surface area contributed by atoms with Crippen molar-refractivity contribution in [2.75, 3.05) is 6.54 Å². The minimum Gasteiger partial charge on any atom is -0.355 e. The number of carbonyl (C=O) groups is 1. The zero-order valence-electron chi connectivity index (χ0n) is 9.82. The Kier molecular flexibility index (Phi) is 4.06. The smallest absolute Gasteiger partial charge is 0.226 e. The van der Waals surface area contributed by atoms with Crippen LogP contribution in [-0.4, -0.2) is 22.6 Å². The number of aromatic amines is 1. The molecule has 2 rings (SSSR count). The highest BCUT2D eigenvalue weighted by atomic mass is 19.1. The van der Waals surface area contributed by atoms with Gasteiger partial charge in [-0.05, 0) is 24.1 Å². The molecular weight excluding hydrogens is 233 g/mol. The van der Waals surface area contributed by atoms with Gasteiger partial charge in [0.1, 0.15) is 5.82 Å². The van der Waals surface area contributed by atoms with Crippen LogP contribution in [0.25, 0.3) is 0 Å². The van der Waals surface area contributed by atoms with Gasteiger partial charge in [0.25, 0.3) is 0 Å². The molecule has 0 spiro atoms. The fourth-order valence-electron chi connectivity index (χ4n) is 1.66. The molecular formula is C13H14FN3O. The largest absolute Gasteiger partial charge is 0.355 e. The number of halogens is 1. The van der Waals surface area contributed by atoms with Gasteiger partial charge in [-0.1, -0.05) is 18.2 Å². The van der Waals surface area contributed by atoms with E-state index >= 15 is 0 Å². The first kappa shape index (κ1) is 12.3. The summed E-state index contributed by atoms with van der Waals surface area (Å²) in [5.74, 6) is -0.337. The normalized spacial score (nSPS) is 10.3. The molecule has 0 saturated heterocycles. The lowest BCUT2D eigenvalue weighted by Crippen LogP contribution is -2.27. The summed E-state index contributed by atoms with van der Waals surface area (Å²) < 4.78 is 13.3. The molecule has 0 aliphatic rings. The van der Waals surface area contributed by atoms with E-state index in [9.17, 15) is 9.18 Å². The summed E-state index contributed by atoms with van der Waals surface area (Å²) in [5.41, 5.74) is 1.37. The monoisotopic (exact) mass is 247 g/mol. The second-order valence-corrected chi connectivity index (χ2v) is 3.95. The summed E-state index contributed by atoms with van der Waals surface area (Å²) in [6.07, 6.45) is 2.35. The Bertz CT molecular complexity index is 511. The van der Waals surface area contributed by atoms with Crippen LogP contribution in [0.15, 0.2) is 36.5 Å². The van der Waals surface area contributed by atoms with Gasteiger partial charge in [0.15, 0.2) is 0 Å². The van der Waals surface area contributed by atoms with Crippen molar-refractivity contribution in [2.45, 2.75) is 12.8 Å². The fraction of sp³-hybridized carbons (Fsp3) is 0.231. The second kappa shape index (κ2) is 5.95. The molecule has 0 aliphatic carbocycles. The number of aromatic nitrogens is 2. The lowest BCUT2D eigenvalue weighted by atomic mass is 10.1. The number of nitrogens with zero attached hydrogens (tertiary/aromatic N) is 1. The summed E-state index contributed by atoms with van der Waals surface area (Å²) in [5, 5.41) is 9.22. The van der Waals surface area contributed by atoms with E-state index < -0.39 is 0 Å². The molecule has 1 aromatic carbocycles. The molecule has 0 saturated carbocycles. The maximum absolute atomic E-state index is 13.3. The highest BCUT2D eigenvalue weighted by Crippen LogP contribution is 2.06. The third-order valence-corrected chi connectivity index (χ3v) is 2.58. The molecule has 0 aliphatic heterocycles. The van der Waals surface area contributed by atoms with Gasteiger partial charge in [-0.2, -0.15) is 5.10 Å². The van der Waals surface area contributed by atoms with Crippen molar-refractivity contribution in [3.63, 3.8) is 0 Å². The predicted molar refractivity (Wildman–Crippen MR) is 65.4 cm³/mol. The van der Waals surface area contributed by atoms with E-state index in [2.05, 4.69) is 15.5 Å². The van der Waals surface area contributed by atoms with E-state index in [1.165, 1.54) is 6.07 Å². The van der Waals surface area contributed by atoms with E-state index in [-0.39, 0.29) is 18.1 Å². The third kappa shape index (κ3) is 3.41. The molecule has 5 heteroatoms. The van der Waals surface area contributed by atoms with Crippen molar-refractivity contribution in [2.24, 2.45) is 0 Å². The summed E-state index contributed by atoms with van der Waals surface area (Å²) in [6.45, 7) is 0.425. The third-order valence-electron chi connectivity index (χ3n) is 2.58. The van der Waals surface area contributed by atoms with Crippen molar-refractivity contribution >= 4 is 5.91 Å². The Labute approximate surface area is 104 Å². The Morgan fingerprint density at radius 2 is 2.17 bits per heavy atom. The van der Waals surface area contributed by atoms with Gasteiger partial charge in [-0.3, -0.25) is 9.89 Å². The van der Waals surface area contributed by atoms with Gasteiger partial charge >= 0.3 is 0 Å². The molecule has 0 radical (unpaired) electrons. The minimum absolute atomic E-state index is 0.101. The number of hydrogen-bond donors (Lipinski definition) is 2. The minimum atomic E-state index is -0.236. The van der Waals surface area contributed by atoms with Gasteiger partial charge in [-0.15, -0.1) is 0 Å². The first-order valence-corrected chi connectivity index (χ1v) is 5.74. The van der Waals surface area contributed by atoms with E-state index in [0.717, 1.165) is 5.69 Å². The van der Waals surface area contributed by atoms with Crippen LogP contribution in [0.4, 0.5) is 4.39 Å². The standard InChI is InChI=1S/C13H14FN3O/c14-12-4-2-1-3-10(12)5-7-15-13(18)9-11-6-8-16-17-11/h1-4,6,8H,5,7,9H2,(H,15,18)(H,16,17). The Balaban J connectivity index is 1.75. The Morgan fingerprint density at radius 1 is 1.33 bits per heavy atom. The van der Waals surface area contributed by atoms with Crippen molar-refractivity contribution in [1.29, 1.82) is 0 Å². The van der Waals surface area contributed by atoms with Crippen molar-refractivity contribution < 1.29 is 9.18 Å².